The zero-order valence-corrected chi connectivity index (χ0v) is 11.5. The molecule has 0 saturated heterocycles. The lowest BCUT2D eigenvalue weighted by molar-refractivity contribution is 0.243. The van der Waals surface area contributed by atoms with Crippen LogP contribution in [0.25, 0.3) is 6.08 Å². The molecule has 0 aliphatic heterocycles. The molecule has 3 N–H and O–H groups in total. The predicted octanol–water partition coefficient (Wildman–Crippen LogP) is 2.77. The van der Waals surface area contributed by atoms with Crippen LogP contribution in [0.2, 0.25) is 5.02 Å². The number of nitrogens with one attached hydrogen (secondary N) is 2. The lowest BCUT2D eigenvalue weighted by Crippen LogP contribution is -2.32. The Bertz CT molecular complexity index is 404. The Hall–Kier alpha value is -1.52. The second kappa shape index (κ2) is 9.42. The van der Waals surface area contributed by atoms with Crippen LogP contribution in [-0.4, -0.2) is 24.3 Å². The molecule has 0 bridgehead atoms. The Labute approximate surface area is 118 Å². The Morgan fingerprint density at radius 3 is 2.63 bits per heavy atom. The molecule has 0 spiro atoms. The molecule has 0 fully saturated rings. The molecule has 1 aromatic carbocycles. The number of carbonyl (C=O) groups is 1. The highest BCUT2D eigenvalue weighted by atomic mass is 35.5. The first-order valence-corrected chi connectivity index (χ1v) is 6.67. The molecular formula is C14H19ClN2O2. The summed E-state index contributed by atoms with van der Waals surface area (Å²) in [6, 6.07) is 7.10. The molecule has 104 valence electrons. The molecule has 4 nitrogen and oxygen atoms in total. The fourth-order valence-electron chi connectivity index (χ4n) is 1.45. The van der Waals surface area contributed by atoms with E-state index in [2.05, 4.69) is 10.6 Å². The molecule has 19 heavy (non-hydrogen) atoms. The molecule has 0 heterocycles. The number of halogens is 1. The first-order valence-electron chi connectivity index (χ1n) is 6.29. The molecule has 0 atom stereocenters. The minimum atomic E-state index is -0.228. The molecule has 2 amide bonds. The summed E-state index contributed by atoms with van der Waals surface area (Å²) in [6.45, 7) is 0.816. The maximum atomic E-state index is 11.4. The van der Waals surface area contributed by atoms with Crippen molar-refractivity contribution >= 4 is 23.7 Å². The van der Waals surface area contributed by atoms with Gasteiger partial charge in [-0.3, -0.25) is 0 Å². The van der Waals surface area contributed by atoms with Gasteiger partial charge in [0.05, 0.1) is 0 Å². The Morgan fingerprint density at radius 2 is 1.95 bits per heavy atom. The van der Waals surface area contributed by atoms with Crippen molar-refractivity contribution in [3.05, 3.63) is 41.1 Å². The number of carbonyl (C=O) groups excluding carboxylic acids is 1. The largest absolute Gasteiger partial charge is 0.396 e. The first kappa shape index (κ1) is 15.5. The SMILES string of the molecule is O=C(N/C=C/c1ccc(Cl)cc1)NCCCCCO. The number of hydrogen-bond donors (Lipinski definition) is 3. The average molecular weight is 283 g/mol. The molecule has 5 heteroatoms. The van der Waals surface area contributed by atoms with Gasteiger partial charge in [-0.15, -0.1) is 0 Å². The van der Waals surface area contributed by atoms with Gasteiger partial charge in [0, 0.05) is 24.4 Å². The third-order valence-corrected chi connectivity index (χ3v) is 2.73. The quantitative estimate of drug-likeness (QED) is 0.674. The number of aliphatic hydroxyl groups is 1. The first-order chi connectivity index (χ1) is 9.22. The average Bonchev–Trinajstić information content (AvgIpc) is 2.41. The van der Waals surface area contributed by atoms with Gasteiger partial charge in [-0.05, 0) is 43.0 Å². The summed E-state index contributed by atoms with van der Waals surface area (Å²) in [7, 11) is 0. The minimum absolute atomic E-state index is 0.204. The second-order valence-electron chi connectivity index (χ2n) is 4.07. The lowest BCUT2D eigenvalue weighted by Gasteiger charge is -2.03. The molecule has 0 aromatic heterocycles. The van der Waals surface area contributed by atoms with Gasteiger partial charge in [0.15, 0.2) is 0 Å². The summed E-state index contributed by atoms with van der Waals surface area (Å²) in [4.78, 5) is 11.4. The van der Waals surface area contributed by atoms with Gasteiger partial charge in [0.2, 0.25) is 0 Å². The van der Waals surface area contributed by atoms with Crippen LogP contribution in [0.3, 0.4) is 0 Å². The van der Waals surface area contributed by atoms with Crippen molar-refractivity contribution in [1.82, 2.24) is 10.6 Å². The minimum Gasteiger partial charge on any atom is -0.396 e. The summed E-state index contributed by atoms with van der Waals surface area (Å²) in [5, 5.41) is 14.6. The van der Waals surface area contributed by atoms with E-state index in [0.717, 1.165) is 24.8 Å². The third kappa shape index (κ3) is 7.49. The van der Waals surface area contributed by atoms with E-state index in [1.165, 1.54) is 0 Å². The van der Waals surface area contributed by atoms with Crippen molar-refractivity contribution in [1.29, 1.82) is 0 Å². The molecule has 0 unspecified atom stereocenters. The zero-order chi connectivity index (χ0) is 13.9. The number of amides is 2. The molecule has 0 aliphatic carbocycles. The van der Waals surface area contributed by atoms with Gasteiger partial charge in [0.25, 0.3) is 0 Å². The molecule has 1 rings (SSSR count). The highest BCUT2D eigenvalue weighted by Crippen LogP contribution is 2.10. The van der Waals surface area contributed by atoms with E-state index in [1.54, 1.807) is 24.4 Å². The van der Waals surface area contributed by atoms with E-state index in [4.69, 9.17) is 16.7 Å². The smallest absolute Gasteiger partial charge is 0.318 e. The van der Waals surface area contributed by atoms with Gasteiger partial charge in [-0.1, -0.05) is 23.7 Å². The fraction of sp³-hybridized carbons (Fsp3) is 0.357. The van der Waals surface area contributed by atoms with Crippen LogP contribution in [0.1, 0.15) is 24.8 Å². The molecular weight excluding hydrogens is 264 g/mol. The van der Waals surface area contributed by atoms with Crippen LogP contribution in [0.4, 0.5) is 4.79 Å². The number of urea groups is 1. The van der Waals surface area contributed by atoms with Crippen LogP contribution in [0.5, 0.6) is 0 Å². The number of hydrogen-bond acceptors (Lipinski definition) is 2. The van der Waals surface area contributed by atoms with E-state index >= 15 is 0 Å². The second-order valence-corrected chi connectivity index (χ2v) is 4.51. The van der Waals surface area contributed by atoms with Gasteiger partial charge in [-0.25, -0.2) is 4.79 Å². The standard InChI is InChI=1S/C14H19ClN2O2/c15-13-6-4-12(5-7-13)8-10-17-14(19)16-9-2-1-3-11-18/h4-8,10,18H,1-3,9,11H2,(H2,16,17,19)/b10-8+. The Balaban J connectivity index is 2.17. The van der Waals surface area contributed by atoms with Crippen molar-refractivity contribution in [2.24, 2.45) is 0 Å². The Kier molecular flexibility index (Phi) is 7.70. The maximum Gasteiger partial charge on any atom is 0.318 e. The Morgan fingerprint density at radius 1 is 1.21 bits per heavy atom. The van der Waals surface area contributed by atoms with Crippen LogP contribution >= 0.6 is 11.6 Å². The van der Waals surface area contributed by atoms with Gasteiger partial charge in [-0.2, -0.15) is 0 Å². The normalized spacial score (nSPS) is 10.6. The number of unbranched alkanes of at least 4 members (excludes halogenated alkanes) is 2. The zero-order valence-electron chi connectivity index (χ0n) is 10.7. The van der Waals surface area contributed by atoms with E-state index in [9.17, 15) is 4.79 Å². The highest BCUT2D eigenvalue weighted by Gasteiger charge is 1.95. The molecule has 0 radical (unpaired) electrons. The molecule has 0 saturated carbocycles. The number of rotatable bonds is 7. The van der Waals surface area contributed by atoms with Crippen LogP contribution < -0.4 is 10.6 Å². The maximum absolute atomic E-state index is 11.4. The van der Waals surface area contributed by atoms with Gasteiger partial charge >= 0.3 is 6.03 Å². The van der Waals surface area contributed by atoms with Crippen LogP contribution in [0.15, 0.2) is 30.5 Å². The van der Waals surface area contributed by atoms with E-state index < -0.39 is 0 Å². The van der Waals surface area contributed by atoms with E-state index in [1.807, 2.05) is 12.1 Å². The van der Waals surface area contributed by atoms with Crippen molar-refractivity contribution in [3.8, 4) is 0 Å². The fourth-order valence-corrected chi connectivity index (χ4v) is 1.58. The van der Waals surface area contributed by atoms with E-state index in [0.29, 0.717) is 11.6 Å². The number of benzene rings is 1. The van der Waals surface area contributed by atoms with Crippen LogP contribution in [0, 0.1) is 0 Å². The van der Waals surface area contributed by atoms with Gasteiger partial charge < -0.3 is 15.7 Å². The van der Waals surface area contributed by atoms with Crippen molar-refractivity contribution < 1.29 is 9.90 Å². The summed E-state index contributed by atoms with van der Waals surface area (Å²) in [5.41, 5.74) is 0.965. The molecule has 0 aliphatic rings. The van der Waals surface area contributed by atoms with Crippen molar-refractivity contribution in [3.63, 3.8) is 0 Å². The summed E-state index contributed by atoms with van der Waals surface area (Å²) in [5.74, 6) is 0. The van der Waals surface area contributed by atoms with Gasteiger partial charge in [0.1, 0.15) is 0 Å². The number of aliphatic hydroxyl groups excluding tert-OH is 1. The summed E-state index contributed by atoms with van der Waals surface area (Å²) >= 11 is 5.77. The van der Waals surface area contributed by atoms with E-state index in [-0.39, 0.29) is 12.6 Å². The van der Waals surface area contributed by atoms with Crippen LogP contribution in [-0.2, 0) is 0 Å². The van der Waals surface area contributed by atoms with Crippen molar-refractivity contribution in [2.45, 2.75) is 19.3 Å². The van der Waals surface area contributed by atoms with Crippen molar-refractivity contribution in [2.75, 3.05) is 13.2 Å². The molecule has 1 aromatic rings. The third-order valence-electron chi connectivity index (χ3n) is 2.48. The topological polar surface area (TPSA) is 61.4 Å². The monoisotopic (exact) mass is 282 g/mol. The highest BCUT2D eigenvalue weighted by molar-refractivity contribution is 6.30. The summed E-state index contributed by atoms with van der Waals surface area (Å²) < 4.78 is 0. The summed E-state index contributed by atoms with van der Waals surface area (Å²) in [6.07, 6.45) is 5.94. The predicted molar refractivity (Wildman–Crippen MR) is 78.0 cm³/mol. The lowest BCUT2D eigenvalue weighted by atomic mass is 10.2.